The van der Waals surface area contributed by atoms with Crippen LogP contribution in [-0.2, 0) is 17.0 Å². The van der Waals surface area contributed by atoms with E-state index in [1.54, 1.807) is 0 Å². The zero-order valence-corrected chi connectivity index (χ0v) is 11.0. The van der Waals surface area contributed by atoms with Crippen LogP contribution in [0, 0.1) is 5.92 Å². The van der Waals surface area contributed by atoms with Crippen molar-refractivity contribution < 1.29 is 17.0 Å². The topological polar surface area (TPSA) is 0 Å². The summed E-state index contributed by atoms with van der Waals surface area (Å²) in [6, 6.07) is 0. The van der Waals surface area contributed by atoms with Crippen molar-refractivity contribution in [1.82, 2.24) is 0 Å². The van der Waals surface area contributed by atoms with Gasteiger partial charge >= 0.3 is 91.5 Å². The van der Waals surface area contributed by atoms with Crippen LogP contribution in [0.5, 0.6) is 0 Å². The summed E-state index contributed by atoms with van der Waals surface area (Å²) in [5.74, 6) is 0.625. The molecule has 0 aliphatic heterocycles. The summed E-state index contributed by atoms with van der Waals surface area (Å²) < 4.78 is 1.44. The molecule has 0 amide bonds. The Kier molecular flexibility index (Phi) is 5.59. The van der Waals surface area contributed by atoms with Crippen LogP contribution in [0.4, 0.5) is 0 Å². The maximum atomic E-state index is 2.70. The van der Waals surface area contributed by atoms with Crippen LogP contribution in [0.25, 0.3) is 0 Å². The summed E-state index contributed by atoms with van der Waals surface area (Å²) in [6.45, 7) is 13.1. The predicted octanol–water partition coefficient (Wildman–Crippen LogP) is 3.66. The SMILES string of the molecule is CC=C(C)/C(C)=C(/C)[C](=[V])C(C)C. The fraction of sp³-hybridized carbons (Fsp3) is 0.583. The van der Waals surface area contributed by atoms with E-state index in [4.69, 9.17) is 0 Å². The minimum absolute atomic E-state index is 0.625. The van der Waals surface area contributed by atoms with Crippen LogP contribution in [-0.4, -0.2) is 4.23 Å². The number of allylic oxidation sites excluding steroid dienone is 4. The molecule has 0 aliphatic rings. The molecule has 0 rings (SSSR count). The van der Waals surface area contributed by atoms with Crippen molar-refractivity contribution in [2.75, 3.05) is 0 Å². The van der Waals surface area contributed by atoms with Crippen molar-refractivity contribution in [1.29, 1.82) is 0 Å². The average Bonchev–Trinajstić information content (AvgIpc) is 2.12. The number of hydrogen-bond acceptors (Lipinski definition) is 0. The molecule has 0 nitrogen and oxygen atoms in total. The van der Waals surface area contributed by atoms with E-state index in [1.165, 1.54) is 20.9 Å². The van der Waals surface area contributed by atoms with Gasteiger partial charge in [0.2, 0.25) is 0 Å². The molecule has 13 heavy (non-hydrogen) atoms. The van der Waals surface area contributed by atoms with Crippen LogP contribution < -0.4 is 0 Å². The molecular weight excluding hydrogens is 195 g/mol. The van der Waals surface area contributed by atoms with Gasteiger partial charge in [-0.3, -0.25) is 0 Å². The number of rotatable bonds is 3. The standard InChI is InChI=1S/C12H20.V/c1-7-10(4)12(6)11(5)8-9(2)3;/h7,9H,1-6H3;/b10-7?,12-11-;. The molecule has 0 spiro atoms. The third kappa shape index (κ3) is 3.66. The summed E-state index contributed by atoms with van der Waals surface area (Å²) in [7, 11) is 0. The Bertz CT molecular complexity index is 254. The van der Waals surface area contributed by atoms with Gasteiger partial charge in [-0.1, -0.05) is 0 Å². The van der Waals surface area contributed by atoms with Crippen LogP contribution in [0.1, 0.15) is 41.5 Å². The minimum atomic E-state index is 0.625. The van der Waals surface area contributed by atoms with Crippen molar-refractivity contribution in [3.8, 4) is 0 Å². The second-order valence-corrected chi connectivity index (χ2v) is 4.51. The first-order valence-corrected chi connectivity index (χ1v) is 5.48. The van der Waals surface area contributed by atoms with E-state index in [1.807, 2.05) is 0 Å². The molecule has 0 aromatic carbocycles. The predicted molar refractivity (Wildman–Crippen MR) is 57.7 cm³/mol. The molecule has 0 atom stereocenters. The summed E-state index contributed by atoms with van der Waals surface area (Å²) in [5.41, 5.74) is 4.21. The van der Waals surface area contributed by atoms with Gasteiger partial charge in [0, 0.05) is 0 Å². The van der Waals surface area contributed by atoms with Gasteiger partial charge in [0.15, 0.2) is 0 Å². The Morgan fingerprint density at radius 2 is 1.54 bits per heavy atom. The summed E-state index contributed by atoms with van der Waals surface area (Å²) in [4.78, 5) is 0. The molecule has 0 unspecified atom stereocenters. The van der Waals surface area contributed by atoms with Crippen LogP contribution >= 0.6 is 0 Å². The molecule has 0 aromatic heterocycles. The van der Waals surface area contributed by atoms with E-state index in [9.17, 15) is 0 Å². The van der Waals surface area contributed by atoms with Gasteiger partial charge in [-0.15, -0.1) is 0 Å². The second-order valence-electron chi connectivity index (χ2n) is 3.76. The van der Waals surface area contributed by atoms with Gasteiger partial charge in [0.05, 0.1) is 0 Å². The first kappa shape index (κ1) is 12.9. The molecule has 0 radical (unpaired) electrons. The molecular formula is C12H20V. The Labute approximate surface area is 91.6 Å². The van der Waals surface area contributed by atoms with Crippen molar-refractivity contribution in [2.45, 2.75) is 41.5 Å². The molecule has 0 saturated heterocycles. The molecule has 0 aliphatic carbocycles. The first-order valence-electron chi connectivity index (χ1n) is 4.78. The van der Waals surface area contributed by atoms with Crippen LogP contribution in [0.2, 0.25) is 0 Å². The molecule has 0 fully saturated rings. The molecule has 0 saturated carbocycles. The summed E-state index contributed by atoms with van der Waals surface area (Å²) >= 11 is 2.70. The van der Waals surface area contributed by atoms with Crippen molar-refractivity contribution in [2.24, 2.45) is 5.92 Å². The van der Waals surface area contributed by atoms with Crippen LogP contribution in [0.3, 0.4) is 0 Å². The van der Waals surface area contributed by atoms with E-state index in [-0.39, 0.29) is 0 Å². The van der Waals surface area contributed by atoms with Gasteiger partial charge in [-0.25, -0.2) is 0 Å². The van der Waals surface area contributed by atoms with Crippen LogP contribution in [0.15, 0.2) is 22.8 Å². The van der Waals surface area contributed by atoms with Crippen molar-refractivity contribution >= 4 is 4.23 Å². The van der Waals surface area contributed by atoms with Gasteiger partial charge in [-0.05, 0) is 0 Å². The average molecular weight is 215 g/mol. The number of hydrogen-bond donors (Lipinski definition) is 0. The molecule has 1 heteroatoms. The molecule has 0 aromatic rings. The fourth-order valence-corrected chi connectivity index (χ4v) is 1.40. The maximum absolute atomic E-state index is 2.70. The monoisotopic (exact) mass is 215 g/mol. The Morgan fingerprint density at radius 1 is 1.08 bits per heavy atom. The first-order chi connectivity index (χ1) is 5.91. The van der Waals surface area contributed by atoms with Gasteiger partial charge < -0.3 is 0 Å². The third-order valence-corrected chi connectivity index (χ3v) is 3.85. The van der Waals surface area contributed by atoms with Crippen molar-refractivity contribution in [3.63, 3.8) is 0 Å². The zero-order valence-electron chi connectivity index (χ0n) is 9.60. The quantitative estimate of drug-likeness (QED) is 0.630. The third-order valence-electron chi connectivity index (χ3n) is 2.52. The zero-order chi connectivity index (χ0) is 10.6. The van der Waals surface area contributed by atoms with E-state index >= 15 is 0 Å². The second kappa shape index (κ2) is 5.62. The summed E-state index contributed by atoms with van der Waals surface area (Å²) in [5, 5.41) is 0. The normalized spacial score (nSPS) is 14.5. The van der Waals surface area contributed by atoms with E-state index in [0.717, 1.165) is 0 Å². The Hall–Kier alpha value is -0.0656. The van der Waals surface area contributed by atoms with E-state index in [2.05, 4.69) is 64.6 Å². The van der Waals surface area contributed by atoms with E-state index in [0.29, 0.717) is 5.92 Å². The van der Waals surface area contributed by atoms with E-state index < -0.39 is 0 Å². The van der Waals surface area contributed by atoms with Gasteiger partial charge in [0.1, 0.15) is 0 Å². The van der Waals surface area contributed by atoms with Gasteiger partial charge in [0.25, 0.3) is 0 Å². The Balaban J connectivity index is 4.93. The Morgan fingerprint density at radius 3 is 1.85 bits per heavy atom. The molecule has 0 heterocycles. The summed E-state index contributed by atoms with van der Waals surface area (Å²) in [6.07, 6.45) is 2.17. The van der Waals surface area contributed by atoms with Crippen molar-refractivity contribution in [3.05, 3.63) is 22.8 Å². The molecule has 0 N–H and O–H groups in total. The molecule has 0 bridgehead atoms. The molecule has 73 valence electrons. The van der Waals surface area contributed by atoms with Gasteiger partial charge in [-0.2, -0.15) is 0 Å². The fourth-order valence-electron chi connectivity index (χ4n) is 1.14.